The van der Waals surface area contributed by atoms with Crippen LogP contribution in [-0.2, 0) is 17.8 Å². The van der Waals surface area contributed by atoms with E-state index in [1.54, 1.807) is 20.4 Å². The van der Waals surface area contributed by atoms with Crippen LogP contribution in [0.1, 0.15) is 24.0 Å². The van der Waals surface area contributed by atoms with E-state index in [-0.39, 0.29) is 12.3 Å². The molecule has 2 aromatic carbocycles. The summed E-state index contributed by atoms with van der Waals surface area (Å²) < 4.78 is 10.7. The number of carbonyl (C=O) groups excluding carboxylic acids is 1. The minimum atomic E-state index is -0.0578. The maximum Gasteiger partial charge on any atom is 0.228 e. The molecule has 170 valence electrons. The van der Waals surface area contributed by atoms with Crippen LogP contribution < -0.4 is 20.1 Å². The molecule has 3 aromatic rings. The number of carbonyl (C=O) groups is 1. The molecule has 2 aliphatic rings. The highest BCUT2D eigenvalue weighted by Crippen LogP contribution is 2.35. The Kier molecular flexibility index (Phi) is 5.83. The summed E-state index contributed by atoms with van der Waals surface area (Å²) in [5, 5.41) is 6.29. The maximum atomic E-state index is 12.6. The number of hydrogen-bond donors (Lipinski definition) is 2. The highest BCUT2D eigenvalue weighted by Gasteiger charge is 2.22. The van der Waals surface area contributed by atoms with Gasteiger partial charge < -0.3 is 20.1 Å². The molecule has 0 aliphatic carbocycles. The highest BCUT2D eigenvalue weighted by atomic mass is 16.5. The third kappa shape index (κ3) is 4.47. The van der Waals surface area contributed by atoms with Gasteiger partial charge in [-0.1, -0.05) is 12.1 Å². The van der Waals surface area contributed by atoms with Crippen LogP contribution in [0.25, 0.3) is 11.3 Å². The average Bonchev–Trinajstić information content (AvgIpc) is 3.28. The second-order valence-electron chi connectivity index (χ2n) is 8.35. The van der Waals surface area contributed by atoms with Gasteiger partial charge in [0.2, 0.25) is 11.9 Å². The maximum absolute atomic E-state index is 12.6. The summed E-state index contributed by atoms with van der Waals surface area (Å²) in [7, 11) is 3.20. The summed E-state index contributed by atoms with van der Waals surface area (Å²) in [6.07, 6.45) is 4.46. The molecule has 0 saturated carbocycles. The number of nitrogens with one attached hydrogen (secondary N) is 2. The zero-order chi connectivity index (χ0) is 22.8. The number of rotatable bonds is 6. The number of amides is 1. The molecule has 0 radical (unpaired) electrons. The Hall–Kier alpha value is -3.65. The lowest BCUT2D eigenvalue weighted by molar-refractivity contribution is -0.115. The van der Waals surface area contributed by atoms with Crippen LogP contribution in [-0.4, -0.2) is 48.1 Å². The molecule has 1 saturated heterocycles. The Morgan fingerprint density at radius 2 is 1.88 bits per heavy atom. The zero-order valence-corrected chi connectivity index (χ0v) is 18.9. The van der Waals surface area contributed by atoms with Gasteiger partial charge in [0.15, 0.2) is 11.5 Å². The van der Waals surface area contributed by atoms with Gasteiger partial charge in [-0.15, -0.1) is 0 Å². The Balaban J connectivity index is 1.46. The Morgan fingerprint density at radius 1 is 1.06 bits per heavy atom. The molecular formula is C25H27N5O3. The van der Waals surface area contributed by atoms with Crippen molar-refractivity contribution in [3.05, 3.63) is 53.7 Å². The van der Waals surface area contributed by atoms with Crippen molar-refractivity contribution in [2.45, 2.75) is 25.8 Å². The number of methoxy groups -OCH3 is 2. The molecule has 5 rings (SSSR count). The average molecular weight is 446 g/mol. The standard InChI is InChI=1S/C25H27N5O3/c1-32-21-8-6-18(13-22(21)33-2)27-25-26-14-17-12-23(31)28-20-11-16(15-30-9-3-4-10-30)5-7-19(20)24(17)29-25/h5-8,11,13-14H,3-4,9-10,12,15H2,1-2H3,(H,28,31)(H,26,27,29). The van der Waals surface area contributed by atoms with Crippen molar-refractivity contribution in [2.75, 3.05) is 37.9 Å². The van der Waals surface area contributed by atoms with Crippen LogP contribution in [0.15, 0.2) is 42.6 Å². The van der Waals surface area contributed by atoms with E-state index in [4.69, 9.17) is 14.5 Å². The summed E-state index contributed by atoms with van der Waals surface area (Å²) >= 11 is 0. The van der Waals surface area contributed by atoms with E-state index < -0.39 is 0 Å². The molecule has 3 heterocycles. The number of fused-ring (bicyclic) bond motifs is 3. The molecule has 1 amide bonds. The Labute approximate surface area is 193 Å². The number of nitrogens with zero attached hydrogens (tertiary/aromatic N) is 3. The van der Waals surface area contributed by atoms with Crippen molar-refractivity contribution in [1.82, 2.24) is 14.9 Å². The molecule has 0 atom stereocenters. The van der Waals surface area contributed by atoms with Crippen LogP contribution in [0.4, 0.5) is 17.3 Å². The molecule has 0 bridgehead atoms. The van der Waals surface area contributed by atoms with Crippen molar-refractivity contribution >= 4 is 23.2 Å². The first-order valence-electron chi connectivity index (χ1n) is 11.1. The van der Waals surface area contributed by atoms with Gasteiger partial charge in [0, 0.05) is 35.6 Å². The van der Waals surface area contributed by atoms with Crippen LogP contribution in [0.3, 0.4) is 0 Å². The minimum absolute atomic E-state index is 0.0578. The summed E-state index contributed by atoms with van der Waals surface area (Å²) in [6, 6.07) is 11.8. The van der Waals surface area contributed by atoms with E-state index in [1.807, 2.05) is 18.2 Å². The van der Waals surface area contributed by atoms with Gasteiger partial charge in [0.25, 0.3) is 0 Å². The van der Waals surface area contributed by atoms with Crippen molar-refractivity contribution < 1.29 is 14.3 Å². The lowest BCUT2D eigenvalue weighted by atomic mass is 10.0. The van der Waals surface area contributed by atoms with Gasteiger partial charge in [0.05, 0.1) is 32.0 Å². The molecule has 0 unspecified atom stereocenters. The lowest BCUT2D eigenvalue weighted by Crippen LogP contribution is -2.18. The largest absolute Gasteiger partial charge is 0.493 e. The fourth-order valence-corrected chi connectivity index (χ4v) is 4.44. The quantitative estimate of drug-likeness (QED) is 0.593. The van der Waals surface area contributed by atoms with E-state index in [1.165, 1.54) is 18.4 Å². The second-order valence-corrected chi connectivity index (χ2v) is 8.35. The predicted octanol–water partition coefficient (Wildman–Crippen LogP) is 3.99. The molecule has 33 heavy (non-hydrogen) atoms. The molecule has 1 fully saturated rings. The van der Waals surface area contributed by atoms with Gasteiger partial charge in [-0.2, -0.15) is 0 Å². The van der Waals surface area contributed by atoms with Gasteiger partial charge in [0.1, 0.15) is 0 Å². The monoisotopic (exact) mass is 445 g/mol. The Morgan fingerprint density at radius 3 is 2.67 bits per heavy atom. The minimum Gasteiger partial charge on any atom is -0.493 e. The van der Waals surface area contributed by atoms with Gasteiger partial charge in [-0.25, -0.2) is 9.97 Å². The molecule has 8 heteroatoms. The van der Waals surface area contributed by atoms with E-state index in [2.05, 4.69) is 38.7 Å². The SMILES string of the molecule is COc1ccc(Nc2ncc3c(n2)-c2ccc(CN4CCCC4)cc2NC(=O)C3)cc1OC. The summed E-state index contributed by atoms with van der Waals surface area (Å²) in [4.78, 5) is 24.2. The topological polar surface area (TPSA) is 88.6 Å². The number of anilines is 3. The van der Waals surface area contributed by atoms with Crippen molar-refractivity contribution in [2.24, 2.45) is 0 Å². The number of likely N-dealkylation sites (tertiary alicyclic amines) is 1. The third-order valence-electron chi connectivity index (χ3n) is 6.07. The number of benzene rings is 2. The smallest absolute Gasteiger partial charge is 0.228 e. The molecule has 2 N–H and O–H groups in total. The van der Waals surface area contributed by atoms with E-state index in [0.29, 0.717) is 17.4 Å². The summed E-state index contributed by atoms with van der Waals surface area (Å²) in [5.41, 5.74) is 5.23. The highest BCUT2D eigenvalue weighted by molar-refractivity contribution is 6.00. The van der Waals surface area contributed by atoms with E-state index >= 15 is 0 Å². The lowest BCUT2D eigenvalue weighted by Gasteiger charge is -2.16. The van der Waals surface area contributed by atoms with Crippen molar-refractivity contribution in [1.29, 1.82) is 0 Å². The first-order chi connectivity index (χ1) is 16.1. The van der Waals surface area contributed by atoms with Crippen LogP contribution in [0, 0.1) is 0 Å². The van der Waals surface area contributed by atoms with Crippen LogP contribution in [0.5, 0.6) is 11.5 Å². The molecule has 1 aromatic heterocycles. The number of aromatic nitrogens is 2. The van der Waals surface area contributed by atoms with Gasteiger partial charge >= 0.3 is 0 Å². The fraction of sp³-hybridized carbons (Fsp3) is 0.320. The first kappa shape index (κ1) is 21.2. The van der Waals surface area contributed by atoms with E-state index in [9.17, 15) is 4.79 Å². The van der Waals surface area contributed by atoms with Crippen LogP contribution >= 0.6 is 0 Å². The normalized spacial score (nSPS) is 15.3. The Bertz CT molecular complexity index is 1190. The number of hydrogen-bond acceptors (Lipinski definition) is 7. The van der Waals surface area contributed by atoms with E-state index in [0.717, 1.165) is 47.8 Å². The molecule has 2 aliphatic heterocycles. The summed E-state index contributed by atoms with van der Waals surface area (Å²) in [6.45, 7) is 3.15. The third-order valence-corrected chi connectivity index (χ3v) is 6.07. The second kappa shape index (κ2) is 9.07. The predicted molar refractivity (Wildman–Crippen MR) is 127 cm³/mol. The fourth-order valence-electron chi connectivity index (χ4n) is 4.44. The molecule has 8 nitrogen and oxygen atoms in total. The number of ether oxygens (including phenoxy) is 2. The van der Waals surface area contributed by atoms with Crippen LogP contribution in [0.2, 0.25) is 0 Å². The van der Waals surface area contributed by atoms with Gasteiger partial charge in [-0.3, -0.25) is 9.69 Å². The molecular weight excluding hydrogens is 418 g/mol. The molecule has 0 spiro atoms. The van der Waals surface area contributed by atoms with Crippen molar-refractivity contribution in [3.8, 4) is 22.8 Å². The van der Waals surface area contributed by atoms with Crippen molar-refractivity contribution in [3.63, 3.8) is 0 Å². The summed E-state index contributed by atoms with van der Waals surface area (Å²) in [5.74, 6) is 1.65. The first-order valence-corrected chi connectivity index (χ1v) is 11.1. The van der Waals surface area contributed by atoms with Gasteiger partial charge in [-0.05, 0) is 49.7 Å². The zero-order valence-electron chi connectivity index (χ0n) is 18.9.